The van der Waals surface area contributed by atoms with Crippen molar-refractivity contribution >= 4 is 56.4 Å². The summed E-state index contributed by atoms with van der Waals surface area (Å²) in [5, 5.41) is 2.85. The fraction of sp³-hybridized carbons (Fsp3) is 0.200. The summed E-state index contributed by atoms with van der Waals surface area (Å²) in [6, 6.07) is 11.0. The number of amides is 1. The minimum atomic E-state index is -1.30. The van der Waals surface area contributed by atoms with Gasteiger partial charge in [0.05, 0.1) is 23.6 Å². The quantitative estimate of drug-likeness (QED) is 0.343. The summed E-state index contributed by atoms with van der Waals surface area (Å²) in [5.41, 5.74) is 2.24. The summed E-state index contributed by atoms with van der Waals surface area (Å²) in [6.45, 7) is 0.821. The largest absolute Gasteiger partial charge is 0.480 e. The number of pyridine rings is 1. The highest BCUT2D eigenvalue weighted by Crippen LogP contribution is 2.18. The maximum atomic E-state index is 12.4. The van der Waals surface area contributed by atoms with E-state index in [1.807, 2.05) is 28.8 Å². The van der Waals surface area contributed by atoms with E-state index in [0.717, 1.165) is 9.26 Å². The first kappa shape index (κ1) is 21.4. The van der Waals surface area contributed by atoms with Crippen molar-refractivity contribution in [3.8, 4) is 5.88 Å². The minimum Gasteiger partial charge on any atom is -0.480 e. The third kappa shape index (κ3) is 4.46. The number of nitrogens with zero attached hydrogens (tertiary/aromatic N) is 4. The second-order valence-electron chi connectivity index (χ2n) is 6.57. The lowest BCUT2D eigenvalue weighted by atomic mass is 10.2. The smallest absolute Gasteiger partial charge is 0.256 e. The molecular formula is C20H19IN6O3S. The van der Waals surface area contributed by atoms with Gasteiger partial charge in [-0.1, -0.05) is 0 Å². The zero-order valence-corrected chi connectivity index (χ0v) is 19.7. The molecule has 0 saturated heterocycles. The van der Waals surface area contributed by atoms with Crippen LogP contribution in [0.15, 0.2) is 52.5 Å². The Morgan fingerprint density at radius 3 is 2.81 bits per heavy atom. The number of ether oxygens (including phenoxy) is 1. The van der Waals surface area contributed by atoms with Gasteiger partial charge in [0.15, 0.2) is 5.49 Å². The van der Waals surface area contributed by atoms with Gasteiger partial charge in [-0.3, -0.25) is 13.6 Å². The lowest BCUT2D eigenvalue weighted by Gasteiger charge is -2.19. The molecule has 0 saturated carbocycles. The van der Waals surface area contributed by atoms with Crippen LogP contribution in [0.5, 0.6) is 5.88 Å². The molecule has 5 rings (SSSR count). The molecule has 4 aromatic heterocycles. The Morgan fingerprint density at radius 2 is 2.10 bits per heavy atom. The van der Waals surface area contributed by atoms with Gasteiger partial charge in [-0.05, 0) is 59.0 Å². The summed E-state index contributed by atoms with van der Waals surface area (Å²) in [5.74, 6) is 0.608. The van der Waals surface area contributed by atoms with E-state index >= 15 is 0 Å². The van der Waals surface area contributed by atoms with Gasteiger partial charge in [0.1, 0.15) is 16.1 Å². The molecule has 0 aliphatic rings. The summed E-state index contributed by atoms with van der Waals surface area (Å²) in [6.07, 6.45) is 3.16. The van der Waals surface area contributed by atoms with Crippen LogP contribution in [0.4, 0.5) is 5.69 Å². The van der Waals surface area contributed by atoms with Gasteiger partial charge in [-0.2, -0.15) is 4.98 Å². The van der Waals surface area contributed by atoms with E-state index in [1.165, 1.54) is 7.11 Å². The van der Waals surface area contributed by atoms with Gasteiger partial charge in [-0.25, -0.2) is 9.98 Å². The molecule has 1 amide bonds. The predicted octanol–water partition coefficient (Wildman–Crippen LogP) is 2.21. The molecule has 0 aliphatic heterocycles. The number of nitrogens with one attached hydrogen (secondary N) is 2. The number of fused-ring (bicyclic) bond motifs is 2. The first-order valence-corrected chi connectivity index (χ1v) is 11.9. The van der Waals surface area contributed by atoms with E-state index < -0.39 is 10.8 Å². The van der Waals surface area contributed by atoms with Gasteiger partial charge in [0.2, 0.25) is 11.7 Å². The van der Waals surface area contributed by atoms with Crippen LogP contribution in [-0.4, -0.2) is 49.5 Å². The predicted molar refractivity (Wildman–Crippen MR) is 125 cm³/mol. The van der Waals surface area contributed by atoms with Gasteiger partial charge >= 0.3 is 0 Å². The first-order chi connectivity index (χ1) is 15.0. The van der Waals surface area contributed by atoms with Crippen molar-refractivity contribution < 1.29 is 13.7 Å². The Morgan fingerprint density at radius 1 is 1.32 bits per heavy atom. The molecule has 0 spiro atoms. The molecule has 4 heterocycles. The van der Waals surface area contributed by atoms with Crippen LogP contribution in [0.3, 0.4) is 0 Å². The van der Waals surface area contributed by atoms with Crippen LogP contribution in [0.25, 0.3) is 11.4 Å². The van der Waals surface area contributed by atoms with Crippen molar-refractivity contribution in [1.82, 2.24) is 24.8 Å². The Hall–Kier alpha value is -2.80. The third-order valence-corrected chi connectivity index (χ3v) is 6.23. The number of H-pyrrole nitrogens is 1. The van der Waals surface area contributed by atoms with Crippen LogP contribution in [0.2, 0.25) is 0 Å². The highest BCUT2D eigenvalue weighted by molar-refractivity contribution is 14.1. The zero-order chi connectivity index (χ0) is 22.0. The van der Waals surface area contributed by atoms with Crippen molar-refractivity contribution in [2.45, 2.75) is 11.4 Å². The van der Waals surface area contributed by atoms with E-state index in [2.05, 4.69) is 47.9 Å². The average molecular weight is 550 g/mol. The van der Waals surface area contributed by atoms with E-state index in [9.17, 15) is 9.00 Å². The topological polar surface area (TPSA) is 114 Å². The van der Waals surface area contributed by atoms with Crippen LogP contribution >= 0.6 is 22.6 Å². The Kier molecular flexibility index (Phi) is 6.32. The van der Waals surface area contributed by atoms with E-state index in [1.54, 1.807) is 24.6 Å². The van der Waals surface area contributed by atoms with Crippen LogP contribution < -0.4 is 15.5 Å². The molecule has 1 unspecified atom stereocenters. The molecule has 2 N–H and O–H groups in total. The summed E-state index contributed by atoms with van der Waals surface area (Å²) in [4.78, 5) is 29.2. The number of halogens is 1. The molecule has 31 heavy (non-hydrogen) atoms. The number of carbonyl (C=O) groups excluding carboxylic acids is 1. The third-order valence-electron chi connectivity index (χ3n) is 4.56. The van der Waals surface area contributed by atoms with Crippen LogP contribution in [0.1, 0.15) is 10.4 Å². The number of benzene rings is 1. The number of hydrogen-bond donors (Lipinski definition) is 2. The first-order valence-electron chi connectivity index (χ1n) is 9.30. The van der Waals surface area contributed by atoms with E-state index in [0.29, 0.717) is 40.5 Å². The Bertz CT molecular complexity index is 1310. The van der Waals surface area contributed by atoms with Crippen LogP contribution in [0, 0.1) is 3.57 Å². The molecule has 11 heteroatoms. The molecule has 160 valence electrons. The van der Waals surface area contributed by atoms with Gasteiger partial charge < -0.3 is 15.0 Å². The molecule has 1 atom stereocenters. The number of methoxy groups -OCH3 is 1. The number of rotatable bonds is 7. The lowest BCUT2D eigenvalue weighted by molar-refractivity contribution is 0.0948. The lowest BCUT2D eigenvalue weighted by Crippen LogP contribution is -2.32. The van der Waals surface area contributed by atoms with Crippen LogP contribution in [-0.2, 0) is 17.3 Å². The number of hydrogen-bond acceptors (Lipinski definition) is 6. The number of aromatic amines is 1. The van der Waals surface area contributed by atoms with Crippen molar-refractivity contribution in [3.63, 3.8) is 0 Å². The van der Waals surface area contributed by atoms with Gasteiger partial charge in [0.25, 0.3) is 5.91 Å². The highest BCUT2D eigenvalue weighted by atomic mass is 127. The number of aromatic nitrogens is 4. The van der Waals surface area contributed by atoms with Gasteiger partial charge in [0, 0.05) is 29.1 Å². The molecule has 0 aliphatic carbocycles. The fourth-order valence-electron chi connectivity index (χ4n) is 3.12. The maximum absolute atomic E-state index is 12.4. The summed E-state index contributed by atoms with van der Waals surface area (Å²) in [7, 11) is 0.173. The molecule has 0 radical (unpaired) electrons. The summed E-state index contributed by atoms with van der Waals surface area (Å²) >= 11 is 2.23. The summed E-state index contributed by atoms with van der Waals surface area (Å²) < 4.78 is 20.5. The highest BCUT2D eigenvalue weighted by Gasteiger charge is 2.19. The molecule has 1 aromatic carbocycles. The van der Waals surface area contributed by atoms with Gasteiger partial charge in [-0.15, -0.1) is 0 Å². The SMILES string of the molecule is COc1ncccc1C(=O)NCCn1c2nc(=Nc3ccc(I)cc3)c(S(C)=O)c1[nH]2. The van der Waals surface area contributed by atoms with Crippen molar-refractivity contribution in [3.05, 3.63) is 57.2 Å². The zero-order valence-electron chi connectivity index (χ0n) is 16.8. The monoisotopic (exact) mass is 550 g/mol. The van der Waals surface area contributed by atoms with Crippen molar-refractivity contribution in [2.75, 3.05) is 19.9 Å². The molecule has 0 fully saturated rings. The second-order valence-corrected chi connectivity index (χ2v) is 9.13. The molecule has 5 aromatic rings. The Balaban J connectivity index is 1.54. The molecular weight excluding hydrogens is 531 g/mol. The normalized spacial score (nSPS) is 12.9. The standard InChI is InChI=1S/C20H19IN6O3S/c1-30-19-14(4-3-9-23-19)18(28)22-10-11-27-17-15(31(2)29)16(25-20(27)26-17)24-13-7-5-12(21)6-8-13/h3-9H,10-11H2,1-2H3,(H,22,28)(H,24,25,26). The van der Waals surface area contributed by atoms with Crippen molar-refractivity contribution in [1.29, 1.82) is 0 Å². The Labute approximate surface area is 193 Å². The van der Waals surface area contributed by atoms with E-state index in [-0.39, 0.29) is 11.8 Å². The van der Waals surface area contributed by atoms with Crippen molar-refractivity contribution in [2.24, 2.45) is 4.99 Å². The number of carbonyl (C=O) groups is 1. The molecule has 9 nitrogen and oxygen atoms in total. The second kappa shape index (κ2) is 9.14. The fourth-order valence-corrected chi connectivity index (χ4v) is 4.26. The average Bonchev–Trinajstić information content (AvgIpc) is 2.77. The van der Waals surface area contributed by atoms with E-state index in [4.69, 9.17) is 4.74 Å². The minimum absolute atomic E-state index is 0.273. The maximum Gasteiger partial charge on any atom is 0.256 e. The molecule has 2 bridgehead atoms.